The Morgan fingerprint density at radius 3 is 2.87 bits per heavy atom. The first-order chi connectivity index (χ1) is 7.02. The topological polar surface area (TPSA) is 38.7 Å². The predicted molar refractivity (Wildman–Crippen MR) is 57.3 cm³/mol. The lowest BCUT2D eigenvalue weighted by Crippen LogP contribution is -2.34. The highest BCUT2D eigenvalue weighted by Gasteiger charge is 2.32. The van der Waals surface area contributed by atoms with E-state index in [1.165, 1.54) is 0 Å². The Labute approximate surface area is 89.6 Å². The van der Waals surface area contributed by atoms with Crippen molar-refractivity contribution in [2.24, 2.45) is 0 Å². The summed E-state index contributed by atoms with van der Waals surface area (Å²) in [5.74, 6) is 1.50. The molecule has 1 heterocycles. The minimum Gasteiger partial charge on any atom is -0.497 e. The van der Waals surface area contributed by atoms with Gasteiger partial charge in [0.25, 0.3) is 0 Å². The fourth-order valence-corrected chi connectivity index (χ4v) is 1.92. The Morgan fingerprint density at radius 2 is 2.20 bits per heavy atom. The van der Waals surface area contributed by atoms with Crippen molar-refractivity contribution in [3.8, 4) is 11.5 Å². The number of aliphatic hydroxyl groups excluding tert-OH is 1. The van der Waals surface area contributed by atoms with E-state index >= 15 is 0 Å². The number of fused-ring (bicyclic) bond motifs is 1. The molecule has 0 bridgehead atoms. The smallest absolute Gasteiger partial charge is 0.126 e. The Kier molecular flexibility index (Phi) is 2.35. The zero-order chi connectivity index (χ0) is 11.1. The maximum atomic E-state index is 9.98. The van der Waals surface area contributed by atoms with Crippen LogP contribution in [0.5, 0.6) is 11.5 Å². The van der Waals surface area contributed by atoms with Crippen molar-refractivity contribution in [3.05, 3.63) is 23.8 Å². The Balaban J connectivity index is 2.41. The molecule has 3 nitrogen and oxygen atoms in total. The zero-order valence-corrected chi connectivity index (χ0v) is 9.28. The highest BCUT2D eigenvalue weighted by molar-refractivity contribution is 5.43. The summed E-state index contributed by atoms with van der Waals surface area (Å²) in [5, 5.41) is 9.98. The summed E-state index contributed by atoms with van der Waals surface area (Å²) >= 11 is 0. The van der Waals surface area contributed by atoms with Gasteiger partial charge in [-0.25, -0.2) is 0 Å². The summed E-state index contributed by atoms with van der Waals surface area (Å²) in [7, 11) is 1.61. The van der Waals surface area contributed by atoms with Crippen molar-refractivity contribution in [3.63, 3.8) is 0 Å². The Morgan fingerprint density at radius 1 is 1.47 bits per heavy atom. The largest absolute Gasteiger partial charge is 0.497 e. The third kappa shape index (κ3) is 1.92. The van der Waals surface area contributed by atoms with Gasteiger partial charge in [-0.05, 0) is 32.0 Å². The third-order valence-corrected chi connectivity index (χ3v) is 2.65. The van der Waals surface area contributed by atoms with Gasteiger partial charge in [0.2, 0.25) is 0 Å². The molecule has 0 saturated carbocycles. The molecule has 1 aromatic rings. The second-order valence-corrected chi connectivity index (χ2v) is 4.49. The van der Waals surface area contributed by atoms with Crippen LogP contribution in [0.2, 0.25) is 0 Å². The summed E-state index contributed by atoms with van der Waals surface area (Å²) in [6.07, 6.45) is 0.131. The van der Waals surface area contributed by atoms with Gasteiger partial charge in [0.15, 0.2) is 0 Å². The molecule has 1 aliphatic heterocycles. The average Bonchev–Trinajstić information content (AvgIpc) is 2.15. The van der Waals surface area contributed by atoms with E-state index in [4.69, 9.17) is 9.47 Å². The van der Waals surface area contributed by atoms with Crippen LogP contribution in [-0.2, 0) is 0 Å². The number of hydrogen-bond donors (Lipinski definition) is 1. The molecule has 1 N–H and O–H groups in total. The first kappa shape index (κ1) is 10.3. The van der Waals surface area contributed by atoms with E-state index in [1.807, 2.05) is 32.0 Å². The van der Waals surface area contributed by atoms with Crippen molar-refractivity contribution < 1.29 is 14.6 Å². The molecule has 0 spiro atoms. The van der Waals surface area contributed by atoms with Gasteiger partial charge in [-0.1, -0.05) is 0 Å². The molecule has 1 aromatic carbocycles. The van der Waals surface area contributed by atoms with Crippen LogP contribution in [0.3, 0.4) is 0 Å². The number of aliphatic hydroxyl groups is 1. The van der Waals surface area contributed by atoms with E-state index in [9.17, 15) is 5.11 Å². The van der Waals surface area contributed by atoms with Crippen LogP contribution in [0.15, 0.2) is 18.2 Å². The molecule has 0 aromatic heterocycles. The average molecular weight is 208 g/mol. The van der Waals surface area contributed by atoms with Gasteiger partial charge in [0.05, 0.1) is 13.2 Å². The summed E-state index contributed by atoms with van der Waals surface area (Å²) in [6, 6.07) is 5.51. The maximum absolute atomic E-state index is 9.98. The fraction of sp³-hybridized carbons (Fsp3) is 0.500. The van der Waals surface area contributed by atoms with Gasteiger partial charge in [-0.15, -0.1) is 0 Å². The molecule has 0 amide bonds. The van der Waals surface area contributed by atoms with Gasteiger partial charge in [-0.3, -0.25) is 0 Å². The second kappa shape index (κ2) is 3.42. The van der Waals surface area contributed by atoms with Gasteiger partial charge < -0.3 is 14.6 Å². The number of hydrogen-bond acceptors (Lipinski definition) is 3. The molecule has 3 heteroatoms. The number of ether oxygens (including phenoxy) is 2. The molecule has 1 aliphatic rings. The van der Waals surface area contributed by atoms with Gasteiger partial charge >= 0.3 is 0 Å². The molecule has 15 heavy (non-hydrogen) atoms. The minimum atomic E-state index is -0.473. The Hall–Kier alpha value is -1.22. The highest BCUT2D eigenvalue weighted by atomic mass is 16.5. The molecular weight excluding hydrogens is 192 g/mol. The van der Waals surface area contributed by atoms with E-state index in [-0.39, 0.29) is 5.60 Å². The summed E-state index contributed by atoms with van der Waals surface area (Å²) in [6.45, 7) is 3.95. The molecule has 82 valence electrons. The third-order valence-electron chi connectivity index (χ3n) is 2.65. The van der Waals surface area contributed by atoms with Crippen LogP contribution < -0.4 is 9.47 Å². The van der Waals surface area contributed by atoms with Crippen molar-refractivity contribution in [2.75, 3.05) is 7.11 Å². The molecular formula is C12H16O3. The van der Waals surface area contributed by atoms with E-state index in [0.29, 0.717) is 6.42 Å². The van der Waals surface area contributed by atoms with Gasteiger partial charge in [0.1, 0.15) is 17.1 Å². The molecule has 0 saturated heterocycles. The van der Waals surface area contributed by atoms with Crippen molar-refractivity contribution in [1.29, 1.82) is 0 Å². The molecule has 0 fully saturated rings. The fourth-order valence-electron chi connectivity index (χ4n) is 1.92. The lowest BCUT2D eigenvalue weighted by Gasteiger charge is -2.35. The quantitative estimate of drug-likeness (QED) is 0.769. The molecule has 0 unspecified atom stereocenters. The van der Waals surface area contributed by atoms with E-state index in [2.05, 4.69) is 0 Å². The number of benzene rings is 1. The predicted octanol–water partition coefficient (Wildman–Crippen LogP) is 2.29. The first-order valence-corrected chi connectivity index (χ1v) is 5.07. The molecule has 1 atom stereocenters. The summed E-state index contributed by atoms with van der Waals surface area (Å²) in [4.78, 5) is 0. The van der Waals surface area contributed by atoms with Crippen LogP contribution in [0.25, 0.3) is 0 Å². The molecule has 0 aliphatic carbocycles. The summed E-state index contributed by atoms with van der Waals surface area (Å²) < 4.78 is 10.9. The highest BCUT2D eigenvalue weighted by Crippen LogP contribution is 2.40. The first-order valence-electron chi connectivity index (χ1n) is 5.07. The van der Waals surface area contributed by atoms with Crippen molar-refractivity contribution in [2.45, 2.75) is 32.0 Å². The standard InChI is InChI=1S/C12H16O3/c1-12(2)7-10(13)9-6-8(14-3)4-5-11(9)15-12/h4-6,10,13H,7H2,1-3H3/t10-/m0/s1. The van der Waals surface area contributed by atoms with E-state index in [1.54, 1.807) is 7.11 Å². The van der Waals surface area contributed by atoms with Crippen LogP contribution in [0, 0.1) is 0 Å². The lowest BCUT2D eigenvalue weighted by atomic mass is 9.92. The van der Waals surface area contributed by atoms with Crippen LogP contribution >= 0.6 is 0 Å². The second-order valence-electron chi connectivity index (χ2n) is 4.49. The van der Waals surface area contributed by atoms with Crippen molar-refractivity contribution in [1.82, 2.24) is 0 Å². The monoisotopic (exact) mass is 208 g/mol. The zero-order valence-electron chi connectivity index (χ0n) is 9.28. The van der Waals surface area contributed by atoms with Gasteiger partial charge in [-0.2, -0.15) is 0 Å². The van der Waals surface area contributed by atoms with Crippen LogP contribution in [0.4, 0.5) is 0 Å². The lowest BCUT2D eigenvalue weighted by molar-refractivity contribution is 0.0113. The number of rotatable bonds is 1. The Bertz CT molecular complexity index is 371. The normalized spacial score (nSPS) is 22.8. The number of methoxy groups -OCH3 is 1. The van der Waals surface area contributed by atoms with Crippen molar-refractivity contribution >= 4 is 0 Å². The molecule has 2 rings (SSSR count). The molecule has 0 radical (unpaired) electrons. The SMILES string of the molecule is COc1ccc2c(c1)[C@@H](O)CC(C)(C)O2. The summed E-state index contributed by atoms with van der Waals surface area (Å²) in [5.41, 5.74) is 0.509. The van der Waals surface area contributed by atoms with Crippen LogP contribution in [0.1, 0.15) is 31.9 Å². The van der Waals surface area contributed by atoms with Gasteiger partial charge in [0, 0.05) is 12.0 Å². The van der Waals surface area contributed by atoms with E-state index in [0.717, 1.165) is 17.1 Å². The van der Waals surface area contributed by atoms with Crippen LogP contribution in [-0.4, -0.2) is 17.8 Å². The van der Waals surface area contributed by atoms with E-state index < -0.39 is 6.10 Å². The minimum absolute atomic E-state index is 0.305. The maximum Gasteiger partial charge on any atom is 0.126 e.